The van der Waals surface area contributed by atoms with Crippen molar-refractivity contribution < 1.29 is 4.79 Å². The highest BCUT2D eigenvalue weighted by Crippen LogP contribution is 2.60. The van der Waals surface area contributed by atoms with Crippen LogP contribution in [-0.2, 0) is 18.4 Å². The summed E-state index contributed by atoms with van der Waals surface area (Å²) in [5.74, 6) is 2.97. The molecule has 4 fully saturated rings. The second kappa shape index (κ2) is 6.57. The molecule has 4 bridgehead atoms. The lowest BCUT2D eigenvalue weighted by Crippen LogP contribution is -2.54. The van der Waals surface area contributed by atoms with Crippen molar-refractivity contribution in [1.82, 2.24) is 24.6 Å². The van der Waals surface area contributed by atoms with E-state index >= 15 is 0 Å². The van der Waals surface area contributed by atoms with Crippen LogP contribution in [0.4, 0.5) is 0 Å². The smallest absolute Gasteiger partial charge is 0.346 e. The molecule has 4 aliphatic carbocycles. The second-order valence-electron chi connectivity index (χ2n) is 9.06. The van der Waals surface area contributed by atoms with Crippen molar-refractivity contribution >= 4 is 5.91 Å². The first-order valence-corrected chi connectivity index (χ1v) is 10.4. The van der Waals surface area contributed by atoms with Gasteiger partial charge < -0.3 is 5.32 Å². The van der Waals surface area contributed by atoms with E-state index in [2.05, 4.69) is 15.4 Å². The van der Waals surface area contributed by atoms with Gasteiger partial charge in [0, 0.05) is 25.2 Å². The summed E-state index contributed by atoms with van der Waals surface area (Å²) < 4.78 is 2.92. The summed E-state index contributed by atoms with van der Waals surface area (Å²) in [6, 6.07) is 5.54. The highest BCUT2D eigenvalue weighted by atomic mass is 16.2. The molecule has 1 N–H and O–H groups in total. The van der Waals surface area contributed by atoms with E-state index in [0.29, 0.717) is 24.6 Å². The number of carbonyl (C=O) groups is 1. The topological polar surface area (TPSA) is 81.8 Å². The van der Waals surface area contributed by atoms with Crippen LogP contribution in [0.3, 0.4) is 0 Å². The summed E-state index contributed by atoms with van der Waals surface area (Å²) in [7, 11) is 1.70. The average Bonchev–Trinajstić information content (AvgIpc) is 2.96. The summed E-state index contributed by atoms with van der Waals surface area (Å²) in [5, 5.41) is 7.54. The standard InChI is InChI=1S/C21H27N5O2/c1-25-18(17-4-2-3-5-22-17)24-26(20(25)28)7-6-23-19(27)21-11-14-8-15(12-21)10-16(9-14)13-21/h2-5,14-16H,6-13H2,1H3,(H,23,27). The Morgan fingerprint density at radius 1 is 1.18 bits per heavy atom. The van der Waals surface area contributed by atoms with Gasteiger partial charge in [0.2, 0.25) is 5.91 Å². The monoisotopic (exact) mass is 381 g/mol. The molecule has 7 heteroatoms. The molecule has 4 aliphatic rings. The Morgan fingerprint density at radius 2 is 1.86 bits per heavy atom. The minimum atomic E-state index is -0.190. The summed E-state index contributed by atoms with van der Waals surface area (Å²) in [5.41, 5.74) is 0.325. The summed E-state index contributed by atoms with van der Waals surface area (Å²) in [6.07, 6.45) is 8.82. The van der Waals surface area contributed by atoms with Crippen molar-refractivity contribution in [2.75, 3.05) is 6.54 Å². The molecule has 0 spiro atoms. The molecule has 0 aromatic carbocycles. The van der Waals surface area contributed by atoms with Gasteiger partial charge in [-0.25, -0.2) is 9.48 Å². The molecular formula is C21H27N5O2. The van der Waals surface area contributed by atoms with Crippen molar-refractivity contribution in [2.24, 2.45) is 30.2 Å². The number of rotatable bonds is 5. The molecule has 6 rings (SSSR count). The van der Waals surface area contributed by atoms with E-state index in [-0.39, 0.29) is 17.0 Å². The van der Waals surface area contributed by atoms with Crippen LogP contribution >= 0.6 is 0 Å². The van der Waals surface area contributed by atoms with Crippen LogP contribution in [-0.4, -0.2) is 31.8 Å². The molecular weight excluding hydrogens is 354 g/mol. The van der Waals surface area contributed by atoms with Gasteiger partial charge in [0.05, 0.1) is 6.54 Å². The Bertz CT molecular complexity index is 910. The zero-order chi connectivity index (χ0) is 19.3. The SMILES string of the molecule is Cn1c(-c2ccccn2)nn(CCNC(=O)C23CC4CC(CC(C4)C2)C3)c1=O. The van der Waals surface area contributed by atoms with Crippen molar-refractivity contribution in [2.45, 2.75) is 45.1 Å². The lowest BCUT2D eigenvalue weighted by Gasteiger charge is -2.55. The van der Waals surface area contributed by atoms with E-state index in [1.807, 2.05) is 18.2 Å². The van der Waals surface area contributed by atoms with Gasteiger partial charge in [-0.1, -0.05) is 6.07 Å². The summed E-state index contributed by atoms with van der Waals surface area (Å²) in [4.78, 5) is 29.8. The van der Waals surface area contributed by atoms with Crippen molar-refractivity contribution in [3.63, 3.8) is 0 Å². The number of nitrogens with zero attached hydrogens (tertiary/aromatic N) is 4. The molecule has 2 heterocycles. The van der Waals surface area contributed by atoms with E-state index in [9.17, 15) is 9.59 Å². The van der Waals surface area contributed by atoms with Crippen LogP contribution in [0.5, 0.6) is 0 Å². The maximum Gasteiger partial charge on any atom is 0.346 e. The first-order valence-electron chi connectivity index (χ1n) is 10.4. The molecule has 0 atom stereocenters. The fraction of sp³-hybridized carbons (Fsp3) is 0.619. The fourth-order valence-electron chi connectivity index (χ4n) is 6.20. The third kappa shape index (κ3) is 2.88. The van der Waals surface area contributed by atoms with Gasteiger partial charge in [0.15, 0.2) is 5.82 Å². The summed E-state index contributed by atoms with van der Waals surface area (Å²) >= 11 is 0. The Labute approximate surface area is 164 Å². The Balaban J connectivity index is 1.25. The molecule has 0 aliphatic heterocycles. The molecule has 0 saturated heterocycles. The predicted molar refractivity (Wildman–Crippen MR) is 104 cm³/mol. The number of carbonyl (C=O) groups excluding carboxylic acids is 1. The van der Waals surface area contributed by atoms with Gasteiger partial charge in [-0.15, -0.1) is 5.10 Å². The van der Waals surface area contributed by atoms with Gasteiger partial charge >= 0.3 is 5.69 Å². The third-order valence-electron chi connectivity index (χ3n) is 7.06. The molecule has 2 aromatic heterocycles. The number of nitrogens with one attached hydrogen (secondary N) is 1. The first kappa shape index (κ1) is 17.6. The predicted octanol–water partition coefficient (Wildman–Crippen LogP) is 1.98. The number of aromatic nitrogens is 4. The number of amides is 1. The van der Waals surface area contributed by atoms with Crippen molar-refractivity contribution in [3.05, 3.63) is 34.9 Å². The van der Waals surface area contributed by atoms with Gasteiger partial charge in [0.25, 0.3) is 0 Å². The second-order valence-corrected chi connectivity index (χ2v) is 9.06. The fourth-order valence-corrected chi connectivity index (χ4v) is 6.20. The maximum atomic E-state index is 13.0. The zero-order valence-electron chi connectivity index (χ0n) is 16.3. The van der Waals surface area contributed by atoms with Crippen LogP contribution in [0.2, 0.25) is 0 Å². The largest absolute Gasteiger partial charge is 0.354 e. The van der Waals surface area contributed by atoms with E-state index in [1.54, 1.807) is 13.2 Å². The minimum absolute atomic E-state index is 0.150. The molecule has 0 radical (unpaired) electrons. The van der Waals surface area contributed by atoms with Gasteiger partial charge in [-0.3, -0.25) is 14.3 Å². The molecule has 0 unspecified atom stereocenters. The van der Waals surface area contributed by atoms with Crippen LogP contribution in [0.25, 0.3) is 11.5 Å². The average molecular weight is 381 g/mol. The molecule has 1 amide bonds. The number of pyridine rings is 1. The Hall–Kier alpha value is -2.44. The molecule has 7 nitrogen and oxygen atoms in total. The number of hydrogen-bond donors (Lipinski definition) is 1. The lowest BCUT2D eigenvalue weighted by molar-refractivity contribution is -0.146. The molecule has 148 valence electrons. The van der Waals surface area contributed by atoms with Crippen molar-refractivity contribution in [3.8, 4) is 11.5 Å². The van der Waals surface area contributed by atoms with Crippen LogP contribution in [0.1, 0.15) is 38.5 Å². The molecule has 2 aromatic rings. The minimum Gasteiger partial charge on any atom is -0.354 e. The van der Waals surface area contributed by atoms with Crippen LogP contribution in [0, 0.1) is 23.2 Å². The Kier molecular flexibility index (Phi) is 4.14. The summed E-state index contributed by atoms with van der Waals surface area (Å²) in [6.45, 7) is 0.802. The first-order chi connectivity index (χ1) is 13.5. The molecule has 4 saturated carbocycles. The van der Waals surface area contributed by atoms with Gasteiger partial charge in [0.1, 0.15) is 5.69 Å². The van der Waals surface area contributed by atoms with E-state index in [0.717, 1.165) is 37.0 Å². The van der Waals surface area contributed by atoms with E-state index in [1.165, 1.54) is 28.5 Å². The van der Waals surface area contributed by atoms with Gasteiger partial charge in [-0.2, -0.15) is 0 Å². The van der Waals surface area contributed by atoms with Crippen LogP contribution < -0.4 is 11.0 Å². The van der Waals surface area contributed by atoms with Gasteiger partial charge in [-0.05, 0) is 68.4 Å². The third-order valence-corrected chi connectivity index (χ3v) is 7.06. The highest BCUT2D eigenvalue weighted by Gasteiger charge is 2.54. The van der Waals surface area contributed by atoms with Crippen LogP contribution in [0.15, 0.2) is 29.2 Å². The normalized spacial score (nSPS) is 30.5. The number of hydrogen-bond acceptors (Lipinski definition) is 4. The maximum absolute atomic E-state index is 13.0. The zero-order valence-corrected chi connectivity index (χ0v) is 16.3. The Morgan fingerprint density at radius 3 is 2.46 bits per heavy atom. The molecule has 28 heavy (non-hydrogen) atoms. The lowest BCUT2D eigenvalue weighted by atomic mass is 9.49. The highest BCUT2D eigenvalue weighted by molar-refractivity contribution is 5.83. The van der Waals surface area contributed by atoms with E-state index in [4.69, 9.17) is 0 Å². The quantitative estimate of drug-likeness (QED) is 0.859. The van der Waals surface area contributed by atoms with Crippen molar-refractivity contribution in [1.29, 1.82) is 0 Å². The van der Waals surface area contributed by atoms with E-state index < -0.39 is 0 Å².